The van der Waals surface area contributed by atoms with Crippen LogP contribution in [0, 0.1) is 20.8 Å². The van der Waals surface area contributed by atoms with Crippen molar-refractivity contribution in [3.63, 3.8) is 0 Å². The number of nitrogens with zero attached hydrogens (tertiary/aromatic N) is 1. The van der Waals surface area contributed by atoms with Crippen molar-refractivity contribution in [2.75, 3.05) is 0 Å². The van der Waals surface area contributed by atoms with Crippen molar-refractivity contribution in [1.82, 2.24) is 10.5 Å². The van der Waals surface area contributed by atoms with E-state index in [0.29, 0.717) is 11.5 Å². The maximum absolute atomic E-state index is 12.7. The summed E-state index contributed by atoms with van der Waals surface area (Å²) >= 11 is 0. The molecule has 1 saturated carbocycles. The lowest BCUT2D eigenvalue weighted by atomic mass is 10.1. The molecule has 1 N–H and O–H groups in total. The fourth-order valence-corrected chi connectivity index (χ4v) is 3.53. The first-order valence-electron chi connectivity index (χ1n) is 9.50. The van der Waals surface area contributed by atoms with Gasteiger partial charge in [0.05, 0.1) is 5.56 Å². The van der Waals surface area contributed by atoms with E-state index < -0.39 is 0 Å². The van der Waals surface area contributed by atoms with Gasteiger partial charge in [0.15, 0.2) is 5.69 Å². The highest BCUT2D eigenvalue weighted by Crippen LogP contribution is 2.23. The number of aryl methyl sites for hydroxylation is 3. The van der Waals surface area contributed by atoms with Crippen LogP contribution in [0.3, 0.4) is 0 Å². The van der Waals surface area contributed by atoms with Crippen LogP contribution in [0.1, 0.15) is 71.5 Å². The first kappa shape index (κ1) is 18.5. The van der Waals surface area contributed by atoms with Crippen LogP contribution < -0.4 is 10.1 Å². The molecule has 0 radical (unpaired) electrons. The molecule has 5 heteroatoms. The molecule has 1 amide bonds. The van der Waals surface area contributed by atoms with Crippen LogP contribution in [0.5, 0.6) is 5.75 Å². The van der Waals surface area contributed by atoms with Gasteiger partial charge in [-0.3, -0.25) is 4.79 Å². The van der Waals surface area contributed by atoms with E-state index in [1.165, 1.54) is 31.2 Å². The van der Waals surface area contributed by atoms with Crippen LogP contribution in [0.25, 0.3) is 0 Å². The zero-order chi connectivity index (χ0) is 18.5. The van der Waals surface area contributed by atoms with E-state index in [1.807, 2.05) is 26.0 Å². The van der Waals surface area contributed by atoms with Gasteiger partial charge in [-0.1, -0.05) is 48.5 Å². The van der Waals surface area contributed by atoms with Gasteiger partial charge in [-0.25, -0.2) is 0 Å². The molecule has 0 spiro atoms. The van der Waals surface area contributed by atoms with Crippen molar-refractivity contribution in [3.8, 4) is 5.75 Å². The smallest absolute Gasteiger partial charge is 0.274 e. The number of rotatable bonds is 5. The number of nitrogens with one attached hydrogen (secondary N) is 1. The third-order valence-electron chi connectivity index (χ3n) is 5.09. The van der Waals surface area contributed by atoms with Gasteiger partial charge in [-0.05, 0) is 45.2 Å². The lowest BCUT2D eigenvalue weighted by Gasteiger charge is -2.16. The molecular weight excluding hydrogens is 328 g/mol. The minimum absolute atomic E-state index is 0.159. The van der Waals surface area contributed by atoms with Gasteiger partial charge in [0.1, 0.15) is 18.1 Å². The lowest BCUT2D eigenvalue weighted by molar-refractivity contribution is 0.0922. The predicted molar refractivity (Wildman–Crippen MR) is 100 cm³/mol. The Labute approximate surface area is 155 Å². The molecule has 1 aliphatic rings. The Morgan fingerprint density at radius 3 is 2.62 bits per heavy atom. The van der Waals surface area contributed by atoms with Gasteiger partial charge in [-0.15, -0.1) is 0 Å². The minimum Gasteiger partial charge on any atom is -0.488 e. The predicted octanol–water partition coefficient (Wildman–Crippen LogP) is 4.63. The number of amides is 1. The molecule has 2 aromatic rings. The van der Waals surface area contributed by atoms with E-state index in [-0.39, 0.29) is 18.6 Å². The Hall–Kier alpha value is -2.30. The Balaban J connectivity index is 1.68. The number of benzene rings is 1. The monoisotopic (exact) mass is 356 g/mol. The molecule has 1 aromatic carbocycles. The maximum atomic E-state index is 12.7. The van der Waals surface area contributed by atoms with E-state index in [4.69, 9.17) is 9.26 Å². The Morgan fingerprint density at radius 2 is 1.92 bits per heavy atom. The topological polar surface area (TPSA) is 64.4 Å². The Morgan fingerprint density at radius 1 is 1.19 bits per heavy atom. The molecule has 0 bridgehead atoms. The SMILES string of the molecule is Cc1ccc(OCc2c(C(=O)NC3CCCCCC3)noc2C)c(C)c1. The summed E-state index contributed by atoms with van der Waals surface area (Å²) in [6, 6.07) is 6.28. The van der Waals surface area contributed by atoms with E-state index in [9.17, 15) is 4.79 Å². The molecule has 0 atom stereocenters. The third-order valence-corrected chi connectivity index (χ3v) is 5.09. The molecule has 0 aliphatic heterocycles. The van der Waals surface area contributed by atoms with Crippen LogP contribution in [0.2, 0.25) is 0 Å². The van der Waals surface area contributed by atoms with Crippen LogP contribution in [-0.2, 0) is 6.61 Å². The van der Waals surface area contributed by atoms with Crippen LogP contribution >= 0.6 is 0 Å². The molecule has 140 valence electrons. The summed E-state index contributed by atoms with van der Waals surface area (Å²) in [5.41, 5.74) is 3.33. The normalized spacial score (nSPS) is 15.5. The van der Waals surface area contributed by atoms with E-state index in [2.05, 4.69) is 23.5 Å². The second-order valence-corrected chi connectivity index (χ2v) is 7.29. The molecule has 1 heterocycles. The number of carbonyl (C=O) groups is 1. The summed E-state index contributed by atoms with van der Waals surface area (Å²) in [5.74, 6) is 1.28. The zero-order valence-electron chi connectivity index (χ0n) is 15.9. The number of hydrogen-bond donors (Lipinski definition) is 1. The highest BCUT2D eigenvalue weighted by molar-refractivity contribution is 5.94. The molecule has 0 saturated heterocycles. The van der Waals surface area contributed by atoms with Crippen molar-refractivity contribution in [1.29, 1.82) is 0 Å². The fourth-order valence-electron chi connectivity index (χ4n) is 3.53. The van der Waals surface area contributed by atoms with Crippen molar-refractivity contribution in [2.45, 2.75) is 71.9 Å². The van der Waals surface area contributed by atoms with E-state index >= 15 is 0 Å². The zero-order valence-corrected chi connectivity index (χ0v) is 15.9. The average molecular weight is 356 g/mol. The van der Waals surface area contributed by atoms with Gasteiger partial charge >= 0.3 is 0 Å². The number of hydrogen-bond acceptors (Lipinski definition) is 4. The van der Waals surface area contributed by atoms with Crippen molar-refractivity contribution < 1.29 is 14.1 Å². The molecule has 3 rings (SSSR count). The summed E-state index contributed by atoms with van der Waals surface area (Å²) in [7, 11) is 0. The summed E-state index contributed by atoms with van der Waals surface area (Å²) in [6.45, 7) is 6.15. The van der Waals surface area contributed by atoms with Gasteiger partial charge in [0.2, 0.25) is 0 Å². The fraction of sp³-hybridized carbons (Fsp3) is 0.524. The lowest BCUT2D eigenvalue weighted by Crippen LogP contribution is -2.35. The molecule has 5 nitrogen and oxygen atoms in total. The standard InChI is InChI=1S/C21H28N2O3/c1-14-10-11-19(15(2)12-14)25-13-18-16(3)26-23-20(18)21(24)22-17-8-6-4-5-7-9-17/h10-12,17H,4-9,13H2,1-3H3,(H,22,24). The maximum Gasteiger partial charge on any atom is 0.274 e. The van der Waals surface area contributed by atoms with E-state index in [1.54, 1.807) is 0 Å². The van der Waals surface area contributed by atoms with Crippen LogP contribution in [0.4, 0.5) is 0 Å². The highest BCUT2D eigenvalue weighted by Gasteiger charge is 2.23. The number of ether oxygens (including phenoxy) is 1. The van der Waals surface area contributed by atoms with Crippen LogP contribution in [0.15, 0.2) is 22.7 Å². The molecule has 0 unspecified atom stereocenters. The number of aromatic nitrogens is 1. The molecule has 1 fully saturated rings. The van der Waals surface area contributed by atoms with Crippen molar-refractivity contribution in [2.24, 2.45) is 0 Å². The quantitative estimate of drug-likeness (QED) is 0.793. The third kappa shape index (κ3) is 4.45. The highest BCUT2D eigenvalue weighted by atomic mass is 16.5. The Kier molecular flexibility index (Phi) is 5.96. The molecule has 1 aromatic heterocycles. The van der Waals surface area contributed by atoms with Crippen molar-refractivity contribution >= 4 is 5.91 Å². The second-order valence-electron chi connectivity index (χ2n) is 7.29. The van der Waals surface area contributed by atoms with Crippen molar-refractivity contribution in [3.05, 3.63) is 46.3 Å². The molecule has 26 heavy (non-hydrogen) atoms. The molecule has 1 aliphatic carbocycles. The summed E-state index contributed by atoms with van der Waals surface area (Å²) in [5, 5.41) is 7.12. The van der Waals surface area contributed by atoms with Gasteiger partial charge in [0, 0.05) is 6.04 Å². The minimum atomic E-state index is -0.159. The second kappa shape index (κ2) is 8.39. The average Bonchev–Trinajstić information content (AvgIpc) is 2.80. The summed E-state index contributed by atoms with van der Waals surface area (Å²) in [4.78, 5) is 12.7. The van der Waals surface area contributed by atoms with E-state index in [0.717, 1.165) is 29.7 Å². The first-order chi connectivity index (χ1) is 12.5. The Bertz CT molecular complexity index is 759. The summed E-state index contributed by atoms with van der Waals surface area (Å²) < 4.78 is 11.2. The molecular formula is C21H28N2O3. The summed E-state index contributed by atoms with van der Waals surface area (Å²) in [6.07, 6.45) is 6.93. The van der Waals surface area contributed by atoms with Gasteiger partial charge in [0.25, 0.3) is 5.91 Å². The van der Waals surface area contributed by atoms with Crippen LogP contribution in [-0.4, -0.2) is 17.1 Å². The van der Waals surface area contributed by atoms with Gasteiger partial charge in [-0.2, -0.15) is 0 Å². The largest absolute Gasteiger partial charge is 0.488 e. The van der Waals surface area contributed by atoms with Gasteiger partial charge < -0.3 is 14.6 Å². The number of carbonyl (C=O) groups excluding carboxylic acids is 1. The first-order valence-corrected chi connectivity index (χ1v) is 9.50.